The van der Waals surface area contributed by atoms with Crippen molar-refractivity contribution in [2.75, 3.05) is 0 Å². The summed E-state index contributed by atoms with van der Waals surface area (Å²) in [6.07, 6.45) is 0. The van der Waals surface area contributed by atoms with E-state index in [4.69, 9.17) is 0 Å². The number of rotatable bonds is 2. The Morgan fingerprint density at radius 2 is 2.12 bits per heavy atom. The molecule has 1 heterocycles. The van der Waals surface area contributed by atoms with E-state index in [-0.39, 0.29) is 5.56 Å². The third kappa shape index (κ3) is 1.86. The molecule has 0 bridgehead atoms. The van der Waals surface area contributed by atoms with Gasteiger partial charge in [-0.1, -0.05) is 0 Å². The van der Waals surface area contributed by atoms with E-state index >= 15 is 0 Å². The van der Waals surface area contributed by atoms with E-state index in [0.29, 0.717) is 16.6 Å². The molecule has 0 aliphatic carbocycles. The molecule has 2 aromatic rings. The van der Waals surface area contributed by atoms with Crippen molar-refractivity contribution in [1.29, 1.82) is 0 Å². The highest BCUT2D eigenvalue weighted by Crippen LogP contribution is 2.20. The lowest BCUT2D eigenvalue weighted by molar-refractivity contribution is 0.103. The average molecular weight is 239 g/mol. The Balaban J connectivity index is 2.46. The standard InChI is InChI=1S/C11H7F2NOS/c1-6-11(16-5-14-6)10(15)8-3-2-7(12)4-9(8)13/h2-5H,1H3. The van der Waals surface area contributed by atoms with E-state index in [1.807, 2.05) is 0 Å². The van der Waals surface area contributed by atoms with Crippen molar-refractivity contribution in [2.24, 2.45) is 0 Å². The Morgan fingerprint density at radius 1 is 1.38 bits per heavy atom. The van der Waals surface area contributed by atoms with E-state index in [1.54, 1.807) is 6.92 Å². The molecule has 0 saturated heterocycles. The summed E-state index contributed by atoms with van der Waals surface area (Å²) in [4.78, 5) is 16.2. The van der Waals surface area contributed by atoms with Gasteiger partial charge in [-0.2, -0.15) is 0 Å². The maximum atomic E-state index is 13.3. The monoisotopic (exact) mass is 239 g/mol. The van der Waals surface area contributed by atoms with E-state index in [2.05, 4.69) is 4.98 Å². The van der Waals surface area contributed by atoms with Gasteiger partial charge in [0.1, 0.15) is 11.6 Å². The van der Waals surface area contributed by atoms with Crippen molar-refractivity contribution in [3.8, 4) is 0 Å². The van der Waals surface area contributed by atoms with Crippen molar-refractivity contribution in [1.82, 2.24) is 4.98 Å². The highest BCUT2D eigenvalue weighted by molar-refractivity contribution is 7.12. The van der Waals surface area contributed by atoms with Gasteiger partial charge in [0.2, 0.25) is 5.78 Å². The summed E-state index contributed by atoms with van der Waals surface area (Å²) in [5.74, 6) is -2.01. The fourth-order valence-electron chi connectivity index (χ4n) is 1.32. The summed E-state index contributed by atoms with van der Waals surface area (Å²) in [6.45, 7) is 1.67. The zero-order valence-corrected chi connectivity index (χ0v) is 9.15. The summed E-state index contributed by atoms with van der Waals surface area (Å²) in [5.41, 5.74) is 1.94. The van der Waals surface area contributed by atoms with E-state index in [9.17, 15) is 13.6 Å². The van der Waals surface area contributed by atoms with Crippen LogP contribution in [0.4, 0.5) is 8.78 Å². The molecule has 0 unspecified atom stereocenters. The smallest absolute Gasteiger partial charge is 0.207 e. The molecule has 16 heavy (non-hydrogen) atoms. The van der Waals surface area contributed by atoms with Crippen molar-refractivity contribution < 1.29 is 13.6 Å². The second-order valence-electron chi connectivity index (χ2n) is 3.22. The Bertz CT molecular complexity index is 551. The number of aromatic nitrogens is 1. The molecule has 1 aromatic carbocycles. The highest BCUT2D eigenvalue weighted by Gasteiger charge is 2.18. The molecule has 0 saturated carbocycles. The summed E-state index contributed by atoms with van der Waals surface area (Å²) >= 11 is 1.14. The van der Waals surface area contributed by atoms with Crippen molar-refractivity contribution in [2.45, 2.75) is 6.92 Å². The van der Waals surface area contributed by atoms with Gasteiger partial charge in [0, 0.05) is 6.07 Å². The van der Waals surface area contributed by atoms with Gasteiger partial charge in [0.05, 0.1) is 21.6 Å². The summed E-state index contributed by atoms with van der Waals surface area (Å²) in [6, 6.07) is 2.91. The van der Waals surface area contributed by atoms with Gasteiger partial charge in [-0.25, -0.2) is 13.8 Å². The second kappa shape index (κ2) is 4.09. The predicted molar refractivity (Wildman–Crippen MR) is 56.6 cm³/mol. The number of carbonyl (C=O) groups excluding carboxylic acids is 1. The second-order valence-corrected chi connectivity index (χ2v) is 4.07. The molecule has 0 aliphatic rings. The van der Waals surface area contributed by atoms with Gasteiger partial charge in [-0.3, -0.25) is 4.79 Å². The van der Waals surface area contributed by atoms with Crippen LogP contribution in [0.1, 0.15) is 20.9 Å². The van der Waals surface area contributed by atoms with Crippen LogP contribution in [0.3, 0.4) is 0 Å². The van der Waals surface area contributed by atoms with E-state index in [0.717, 1.165) is 23.5 Å². The van der Waals surface area contributed by atoms with Gasteiger partial charge in [-0.05, 0) is 19.1 Å². The molecule has 0 radical (unpaired) electrons. The SMILES string of the molecule is Cc1ncsc1C(=O)c1ccc(F)cc1F. The van der Waals surface area contributed by atoms with Gasteiger partial charge in [0.25, 0.3) is 0 Å². The van der Waals surface area contributed by atoms with Crippen LogP contribution in [-0.2, 0) is 0 Å². The number of thiazole rings is 1. The number of benzene rings is 1. The maximum Gasteiger partial charge on any atom is 0.207 e. The molecule has 0 amide bonds. The van der Waals surface area contributed by atoms with Crippen LogP contribution < -0.4 is 0 Å². The first-order valence-corrected chi connectivity index (χ1v) is 5.37. The van der Waals surface area contributed by atoms with Crippen LogP contribution in [-0.4, -0.2) is 10.8 Å². The van der Waals surface area contributed by atoms with Crippen molar-refractivity contribution >= 4 is 17.1 Å². The Hall–Kier alpha value is -1.62. The molecule has 0 atom stereocenters. The molecule has 0 fully saturated rings. The topological polar surface area (TPSA) is 30.0 Å². The molecule has 5 heteroatoms. The first-order chi connectivity index (χ1) is 7.59. The molecule has 0 aliphatic heterocycles. The van der Waals surface area contributed by atoms with Crippen molar-refractivity contribution in [3.05, 3.63) is 51.5 Å². The van der Waals surface area contributed by atoms with Crippen LogP contribution in [0.25, 0.3) is 0 Å². The molecule has 82 valence electrons. The van der Waals surface area contributed by atoms with Gasteiger partial charge >= 0.3 is 0 Å². The minimum atomic E-state index is -0.849. The Kier molecular flexibility index (Phi) is 2.78. The lowest BCUT2D eigenvalue weighted by atomic mass is 10.1. The zero-order chi connectivity index (χ0) is 11.7. The fraction of sp³-hybridized carbons (Fsp3) is 0.0909. The number of halogens is 2. The van der Waals surface area contributed by atoms with Gasteiger partial charge < -0.3 is 0 Å². The van der Waals surface area contributed by atoms with E-state index in [1.165, 1.54) is 5.51 Å². The van der Waals surface area contributed by atoms with Crippen LogP contribution >= 0.6 is 11.3 Å². The number of ketones is 1. The lowest BCUT2D eigenvalue weighted by Crippen LogP contribution is -2.04. The average Bonchev–Trinajstić information content (AvgIpc) is 2.63. The number of nitrogens with zero attached hydrogens (tertiary/aromatic N) is 1. The van der Waals surface area contributed by atoms with Crippen molar-refractivity contribution in [3.63, 3.8) is 0 Å². The minimum Gasteiger partial charge on any atom is -0.288 e. The first kappa shape index (κ1) is 10.9. The van der Waals surface area contributed by atoms with Crippen LogP contribution in [0.2, 0.25) is 0 Å². The van der Waals surface area contributed by atoms with Gasteiger partial charge in [-0.15, -0.1) is 11.3 Å². The lowest BCUT2D eigenvalue weighted by Gasteiger charge is -2.00. The van der Waals surface area contributed by atoms with Crippen LogP contribution in [0.15, 0.2) is 23.7 Å². The molecular formula is C11H7F2NOS. The Labute approximate surface area is 94.6 Å². The van der Waals surface area contributed by atoms with E-state index < -0.39 is 17.4 Å². The quantitative estimate of drug-likeness (QED) is 0.754. The molecule has 2 nitrogen and oxygen atoms in total. The number of hydrogen-bond donors (Lipinski definition) is 0. The molecule has 0 N–H and O–H groups in total. The largest absolute Gasteiger partial charge is 0.288 e. The number of hydrogen-bond acceptors (Lipinski definition) is 3. The Morgan fingerprint density at radius 3 is 2.69 bits per heavy atom. The summed E-state index contributed by atoms with van der Waals surface area (Å²) in [5, 5.41) is 0. The summed E-state index contributed by atoms with van der Waals surface area (Å²) < 4.78 is 26.0. The third-order valence-corrected chi connectivity index (χ3v) is 3.05. The molecular weight excluding hydrogens is 232 g/mol. The molecule has 2 rings (SSSR count). The highest BCUT2D eigenvalue weighted by atomic mass is 32.1. The first-order valence-electron chi connectivity index (χ1n) is 4.49. The molecule has 1 aromatic heterocycles. The third-order valence-electron chi connectivity index (χ3n) is 2.13. The summed E-state index contributed by atoms with van der Waals surface area (Å²) in [7, 11) is 0. The van der Waals surface area contributed by atoms with Crippen LogP contribution in [0.5, 0.6) is 0 Å². The van der Waals surface area contributed by atoms with Gasteiger partial charge in [0.15, 0.2) is 0 Å². The number of aryl methyl sites for hydroxylation is 1. The molecule has 0 spiro atoms. The zero-order valence-electron chi connectivity index (χ0n) is 8.33. The minimum absolute atomic E-state index is 0.131. The fourth-order valence-corrected chi connectivity index (χ4v) is 2.07. The normalized spacial score (nSPS) is 10.4. The van der Waals surface area contributed by atoms with Crippen LogP contribution in [0, 0.1) is 18.6 Å². The predicted octanol–water partition coefficient (Wildman–Crippen LogP) is 2.96. The maximum absolute atomic E-state index is 13.3. The number of carbonyl (C=O) groups is 1.